The number of rotatable bonds is 3. The molecule has 136 valence electrons. The average Bonchev–Trinajstić information content (AvgIpc) is 2.82. The number of hydrogen-bond donors (Lipinski definition) is 1. The summed E-state index contributed by atoms with van der Waals surface area (Å²) in [6, 6.07) is 0. The van der Waals surface area contributed by atoms with Gasteiger partial charge in [-0.15, -0.1) is 0 Å². The SMILES string of the molecule is C=C1C(=O)O[C@@H]2/C=C(\C)CC/C=C(/C=O)[C@H](O)[C@@H](OC(=O)C(C)C)[C@@H]12. The van der Waals surface area contributed by atoms with Gasteiger partial charge in [-0.1, -0.05) is 32.1 Å². The van der Waals surface area contributed by atoms with Gasteiger partial charge in [0.15, 0.2) is 0 Å². The van der Waals surface area contributed by atoms with Crippen molar-refractivity contribution < 1.29 is 29.0 Å². The zero-order valence-corrected chi connectivity index (χ0v) is 14.7. The first kappa shape index (κ1) is 19.1. The first-order chi connectivity index (χ1) is 11.8. The average molecular weight is 348 g/mol. The summed E-state index contributed by atoms with van der Waals surface area (Å²) in [4.78, 5) is 35.6. The molecule has 25 heavy (non-hydrogen) atoms. The van der Waals surface area contributed by atoms with E-state index in [0.717, 1.165) is 5.57 Å². The Morgan fingerprint density at radius 3 is 2.76 bits per heavy atom. The number of aldehydes is 1. The number of aliphatic hydroxyl groups excluding tert-OH is 1. The molecule has 6 nitrogen and oxygen atoms in total. The zero-order valence-electron chi connectivity index (χ0n) is 14.7. The van der Waals surface area contributed by atoms with Crippen LogP contribution < -0.4 is 0 Å². The third-order valence-corrected chi connectivity index (χ3v) is 4.50. The lowest BCUT2D eigenvalue weighted by Crippen LogP contribution is -2.43. The van der Waals surface area contributed by atoms with Gasteiger partial charge >= 0.3 is 11.9 Å². The van der Waals surface area contributed by atoms with Gasteiger partial charge in [0.2, 0.25) is 0 Å². The molecule has 1 aliphatic heterocycles. The van der Waals surface area contributed by atoms with Crippen LogP contribution in [0.5, 0.6) is 0 Å². The highest BCUT2D eigenvalue weighted by Gasteiger charge is 2.48. The van der Waals surface area contributed by atoms with Crippen molar-refractivity contribution in [2.45, 2.75) is 51.9 Å². The molecule has 0 aromatic carbocycles. The van der Waals surface area contributed by atoms with Gasteiger partial charge in [0.25, 0.3) is 0 Å². The zero-order chi connectivity index (χ0) is 18.7. The monoisotopic (exact) mass is 348 g/mol. The van der Waals surface area contributed by atoms with Gasteiger partial charge in [-0.2, -0.15) is 0 Å². The van der Waals surface area contributed by atoms with E-state index < -0.39 is 42.1 Å². The molecule has 0 unspecified atom stereocenters. The molecule has 2 rings (SSSR count). The van der Waals surface area contributed by atoms with Crippen molar-refractivity contribution in [3.05, 3.63) is 35.5 Å². The number of ether oxygens (including phenoxy) is 2. The van der Waals surface area contributed by atoms with Crippen LogP contribution in [0.25, 0.3) is 0 Å². The first-order valence-corrected chi connectivity index (χ1v) is 8.37. The second-order valence-corrected chi connectivity index (χ2v) is 6.80. The topological polar surface area (TPSA) is 89.9 Å². The summed E-state index contributed by atoms with van der Waals surface area (Å²) in [5, 5.41) is 10.7. The quantitative estimate of drug-likeness (QED) is 0.362. The maximum absolute atomic E-state index is 12.1. The highest BCUT2D eigenvalue weighted by Crippen LogP contribution is 2.36. The van der Waals surface area contributed by atoms with Gasteiger partial charge < -0.3 is 14.6 Å². The highest BCUT2D eigenvalue weighted by atomic mass is 16.6. The molecule has 1 heterocycles. The predicted octanol–water partition coefficient (Wildman–Crippen LogP) is 1.88. The lowest BCUT2D eigenvalue weighted by Gasteiger charge is -2.31. The van der Waals surface area contributed by atoms with E-state index >= 15 is 0 Å². The van der Waals surface area contributed by atoms with E-state index in [0.29, 0.717) is 19.1 Å². The number of hydrogen-bond acceptors (Lipinski definition) is 6. The van der Waals surface area contributed by atoms with Crippen LogP contribution in [0.3, 0.4) is 0 Å². The minimum absolute atomic E-state index is 0.125. The fourth-order valence-corrected chi connectivity index (χ4v) is 2.99. The smallest absolute Gasteiger partial charge is 0.334 e. The Kier molecular flexibility index (Phi) is 5.95. The molecular formula is C19H24O6. The minimum atomic E-state index is -1.36. The molecule has 0 saturated carbocycles. The van der Waals surface area contributed by atoms with Gasteiger partial charge in [0.1, 0.15) is 24.6 Å². The summed E-state index contributed by atoms with van der Waals surface area (Å²) >= 11 is 0. The van der Waals surface area contributed by atoms with E-state index in [-0.39, 0.29) is 11.1 Å². The third kappa shape index (κ3) is 4.07. The van der Waals surface area contributed by atoms with E-state index in [9.17, 15) is 19.5 Å². The van der Waals surface area contributed by atoms with Gasteiger partial charge in [-0.3, -0.25) is 9.59 Å². The minimum Gasteiger partial charge on any atom is -0.458 e. The van der Waals surface area contributed by atoms with Gasteiger partial charge in [0.05, 0.1) is 11.8 Å². The Morgan fingerprint density at radius 2 is 2.16 bits per heavy atom. The molecule has 6 heteroatoms. The van der Waals surface area contributed by atoms with Crippen molar-refractivity contribution in [2.24, 2.45) is 11.8 Å². The summed E-state index contributed by atoms with van der Waals surface area (Å²) in [6.45, 7) is 8.97. The van der Waals surface area contributed by atoms with Crippen molar-refractivity contribution in [1.29, 1.82) is 0 Å². The molecule has 0 radical (unpaired) electrons. The lowest BCUT2D eigenvalue weighted by atomic mass is 9.83. The number of esters is 2. The van der Waals surface area contributed by atoms with E-state index in [1.165, 1.54) is 0 Å². The van der Waals surface area contributed by atoms with Crippen molar-refractivity contribution in [1.82, 2.24) is 0 Å². The van der Waals surface area contributed by atoms with Crippen LogP contribution in [-0.4, -0.2) is 41.6 Å². The number of carbonyl (C=O) groups excluding carboxylic acids is 3. The summed E-state index contributed by atoms with van der Waals surface area (Å²) in [5.41, 5.74) is 1.23. The van der Waals surface area contributed by atoms with Crippen LogP contribution >= 0.6 is 0 Å². The van der Waals surface area contributed by atoms with Crippen LogP contribution in [0.1, 0.15) is 33.6 Å². The summed E-state index contributed by atoms with van der Waals surface area (Å²) in [5.74, 6) is -2.29. The third-order valence-electron chi connectivity index (χ3n) is 4.50. The maximum atomic E-state index is 12.1. The number of carbonyl (C=O) groups is 3. The van der Waals surface area contributed by atoms with E-state index in [1.807, 2.05) is 6.92 Å². The molecule has 0 aromatic rings. The molecule has 1 fully saturated rings. The van der Waals surface area contributed by atoms with Crippen molar-refractivity contribution in [3.8, 4) is 0 Å². The fraction of sp³-hybridized carbons (Fsp3) is 0.526. The molecule has 0 aromatic heterocycles. The molecule has 0 bridgehead atoms. The Bertz CT molecular complexity index is 642. The van der Waals surface area contributed by atoms with Gasteiger partial charge in [0, 0.05) is 11.1 Å². The summed E-state index contributed by atoms with van der Waals surface area (Å²) in [7, 11) is 0. The van der Waals surface area contributed by atoms with Crippen molar-refractivity contribution in [3.63, 3.8) is 0 Å². The van der Waals surface area contributed by atoms with Gasteiger partial charge in [-0.05, 0) is 25.8 Å². The molecular weight excluding hydrogens is 324 g/mol. The van der Waals surface area contributed by atoms with Crippen LogP contribution in [0.4, 0.5) is 0 Å². The van der Waals surface area contributed by atoms with E-state index in [2.05, 4.69) is 6.58 Å². The molecule has 1 aliphatic carbocycles. The fourth-order valence-electron chi connectivity index (χ4n) is 2.99. The lowest BCUT2D eigenvalue weighted by molar-refractivity contribution is -0.162. The first-order valence-electron chi connectivity index (χ1n) is 8.37. The predicted molar refractivity (Wildman–Crippen MR) is 90.4 cm³/mol. The van der Waals surface area contributed by atoms with E-state index in [4.69, 9.17) is 9.47 Å². The standard InChI is InChI=1S/C19H24O6/c1-10(2)18(22)25-17-15-12(4)19(23)24-14(15)8-11(3)6-5-7-13(9-20)16(17)21/h7-10,14-17,21H,4-6H2,1-3H3/b11-8+,13-7-/t14-,15+,16+,17+/m1/s1. The van der Waals surface area contributed by atoms with Gasteiger partial charge in [-0.25, -0.2) is 4.79 Å². The molecule has 0 spiro atoms. The van der Waals surface area contributed by atoms with Crippen LogP contribution in [0.15, 0.2) is 35.5 Å². The number of fused-ring (bicyclic) bond motifs is 1. The number of allylic oxidation sites excluding steroid dienone is 2. The largest absolute Gasteiger partial charge is 0.458 e. The normalized spacial score (nSPS) is 34.3. The van der Waals surface area contributed by atoms with Crippen LogP contribution in [-0.2, 0) is 23.9 Å². The molecule has 1 saturated heterocycles. The summed E-state index contributed by atoms with van der Waals surface area (Å²) in [6.07, 6.45) is 2.01. The van der Waals surface area contributed by atoms with Crippen molar-refractivity contribution in [2.75, 3.05) is 0 Å². The van der Waals surface area contributed by atoms with Crippen molar-refractivity contribution >= 4 is 18.2 Å². The molecule has 4 atom stereocenters. The van der Waals surface area contributed by atoms with E-state index in [1.54, 1.807) is 26.0 Å². The molecule has 1 N–H and O–H groups in total. The second kappa shape index (κ2) is 7.78. The van der Waals surface area contributed by atoms with Crippen LogP contribution in [0.2, 0.25) is 0 Å². The molecule has 2 aliphatic rings. The molecule has 0 amide bonds. The summed E-state index contributed by atoms with van der Waals surface area (Å²) < 4.78 is 10.8. The number of aliphatic hydroxyl groups is 1. The maximum Gasteiger partial charge on any atom is 0.334 e. The van der Waals surface area contributed by atoms with Crippen LogP contribution in [0, 0.1) is 11.8 Å². The highest BCUT2D eigenvalue weighted by molar-refractivity contribution is 5.91. The Balaban J connectivity index is 2.50. The Labute approximate surface area is 147 Å². The second-order valence-electron chi connectivity index (χ2n) is 6.80. The Hall–Kier alpha value is -2.21. The Morgan fingerprint density at radius 1 is 1.48 bits per heavy atom.